The van der Waals surface area contributed by atoms with Gasteiger partial charge in [0, 0.05) is 37.2 Å². The molecule has 1 saturated heterocycles. The molecule has 0 bridgehead atoms. The van der Waals surface area contributed by atoms with Crippen LogP contribution in [0.2, 0.25) is 0 Å². The fourth-order valence-electron chi connectivity index (χ4n) is 3.61. The van der Waals surface area contributed by atoms with E-state index in [9.17, 15) is 0 Å². The first kappa shape index (κ1) is 14.6. The lowest BCUT2D eigenvalue weighted by atomic mass is 10.1. The second-order valence-corrected chi connectivity index (χ2v) is 6.61. The van der Waals surface area contributed by atoms with Crippen molar-refractivity contribution in [2.75, 3.05) is 32.5 Å². The van der Waals surface area contributed by atoms with E-state index in [1.807, 2.05) is 12.1 Å². The number of nitrogen functional groups attached to an aromatic ring is 1. The summed E-state index contributed by atoms with van der Waals surface area (Å²) in [6.07, 6.45) is 4.87. The Morgan fingerprint density at radius 1 is 1.26 bits per heavy atom. The van der Waals surface area contributed by atoms with Gasteiger partial charge in [0.15, 0.2) is 11.5 Å². The van der Waals surface area contributed by atoms with Gasteiger partial charge in [0.1, 0.15) is 0 Å². The maximum Gasteiger partial charge on any atom is 0.201 e. The first-order chi connectivity index (χ1) is 11.3. The number of benzene rings is 1. The van der Waals surface area contributed by atoms with Gasteiger partial charge in [0.2, 0.25) is 5.95 Å². The van der Waals surface area contributed by atoms with E-state index in [1.165, 1.54) is 25.7 Å². The largest absolute Gasteiger partial charge is 0.493 e. The lowest BCUT2D eigenvalue weighted by Crippen LogP contribution is -2.45. The molecule has 23 heavy (non-hydrogen) atoms. The van der Waals surface area contributed by atoms with Gasteiger partial charge in [-0.2, -0.15) is 0 Å². The molecule has 2 fully saturated rings. The summed E-state index contributed by atoms with van der Waals surface area (Å²) < 4.78 is 13.7. The number of hydrogen-bond acceptors (Lipinski definition) is 5. The zero-order valence-corrected chi connectivity index (χ0v) is 13.5. The van der Waals surface area contributed by atoms with Crippen LogP contribution in [-0.4, -0.2) is 36.4 Å². The van der Waals surface area contributed by atoms with Gasteiger partial charge in [-0.05, 0) is 12.8 Å². The van der Waals surface area contributed by atoms with Crippen LogP contribution < -0.4 is 20.5 Å². The number of nitrogens with zero attached hydrogens (tertiary/aromatic N) is 2. The highest BCUT2D eigenvalue weighted by Gasteiger charge is 2.23. The summed E-state index contributed by atoms with van der Waals surface area (Å²) in [6, 6.07) is 4.44. The number of aromatic nitrogens is 2. The Bertz CT molecular complexity index is 702. The topological polar surface area (TPSA) is 74.3 Å². The molecule has 1 saturated carbocycles. The van der Waals surface area contributed by atoms with Crippen LogP contribution in [0.1, 0.15) is 31.7 Å². The number of fused-ring (bicyclic) bond motifs is 1. The normalized spacial score (nSPS) is 19.2. The van der Waals surface area contributed by atoms with Crippen molar-refractivity contribution in [3.63, 3.8) is 0 Å². The standard InChI is InChI=1S/C17H24N4O2/c1-22-15-7-14-13(6-16(15)23-10-11-8-19-9-11)20-17(18)21(14)12-4-2-3-5-12/h6-7,11-12,19H,2-5,8-10H2,1H3,(H2,18,20). The molecule has 6 heteroatoms. The van der Waals surface area contributed by atoms with Gasteiger partial charge in [-0.1, -0.05) is 12.8 Å². The third kappa shape index (κ3) is 2.61. The minimum Gasteiger partial charge on any atom is -0.493 e. The minimum atomic E-state index is 0.456. The number of imidazole rings is 1. The number of nitrogens with two attached hydrogens (primary N) is 1. The molecule has 1 aliphatic carbocycles. The van der Waals surface area contributed by atoms with Crippen molar-refractivity contribution in [3.05, 3.63) is 12.1 Å². The molecule has 0 atom stereocenters. The number of ether oxygens (including phenoxy) is 2. The molecular weight excluding hydrogens is 292 g/mol. The Morgan fingerprint density at radius 3 is 2.70 bits per heavy atom. The zero-order valence-electron chi connectivity index (χ0n) is 13.5. The molecule has 2 aromatic rings. The van der Waals surface area contributed by atoms with Crippen LogP contribution in [0.5, 0.6) is 11.5 Å². The summed E-state index contributed by atoms with van der Waals surface area (Å²) in [5, 5.41) is 3.25. The Balaban J connectivity index is 1.68. The van der Waals surface area contributed by atoms with E-state index < -0.39 is 0 Å². The Morgan fingerprint density at radius 2 is 2.04 bits per heavy atom. The summed E-state index contributed by atoms with van der Waals surface area (Å²) in [5.41, 5.74) is 8.12. The molecule has 0 amide bonds. The van der Waals surface area contributed by atoms with Crippen LogP contribution in [-0.2, 0) is 0 Å². The SMILES string of the molecule is COc1cc2c(cc1OCC1CNC1)nc(N)n2C1CCCC1. The van der Waals surface area contributed by atoms with Gasteiger partial charge >= 0.3 is 0 Å². The molecular formula is C17H24N4O2. The number of rotatable bonds is 5. The predicted molar refractivity (Wildman–Crippen MR) is 90.1 cm³/mol. The summed E-state index contributed by atoms with van der Waals surface area (Å²) >= 11 is 0. The average Bonchev–Trinajstić information content (AvgIpc) is 3.10. The summed E-state index contributed by atoms with van der Waals surface area (Å²) in [7, 11) is 1.68. The van der Waals surface area contributed by atoms with Gasteiger partial charge in [-0.15, -0.1) is 0 Å². The van der Waals surface area contributed by atoms with Crippen LogP contribution >= 0.6 is 0 Å². The molecule has 0 radical (unpaired) electrons. The number of hydrogen-bond donors (Lipinski definition) is 2. The van der Waals surface area contributed by atoms with Crippen molar-refractivity contribution in [1.82, 2.24) is 14.9 Å². The fraction of sp³-hybridized carbons (Fsp3) is 0.588. The molecule has 124 valence electrons. The maximum atomic E-state index is 6.19. The highest BCUT2D eigenvalue weighted by atomic mass is 16.5. The average molecular weight is 316 g/mol. The molecule has 6 nitrogen and oxygen atoms in total. The fourth-order valence-corrected chi connectivity index (χ4v) is 3.61. The highest BCUT2D eigenvalue weighted by Crippen LogP contribution is 2.38. The van der Waals surface area contributed by atoms with Crippen LogP contribution in [0.3, 0.4) is 0 Å². The van der Waals surface area contributed by atoms with Crippen molar-refractivity contribution in [1.29, 1.82) is 0 Å². The van der Waals surface area contributed by atoms with Crippen LogP contribution in [0, 0.1) is 5.92 Å². The van der Waals surface area contributed by atoms with E-state index in [0.29, 0.717) is 24.5 Å². The number of nitrogens with one attached hydrogen (secondary N) is 1. The molecule has 1 aromatic carbocycles. The highest BCUT2D eigenvalue weighted by molar-refractivity contribution is 5.82. The molecule has 2 aliphatic rings. The van der Waals surface area contributed by atoms with E-state index in [2.05, 4.69) is 14.9 Å². The third-order valence-electron chi connectivity index (χ3n) is 5.03. The molecule has 3 N–H and O–H groups in total. The Kier molecular flexibility index (Phi) is 3.77. The van der Waals surface area contributed by atoms with Gasteiger partial charge in [-0.3, -0.25) is 0 Å². The van der Waals surface area contributed by atoms with Crippen LogP contribution in [0.25, 0.3) is 11.0 Å². The van der Waals surface area contributed by atoms with Crippen LogP contribution in [0.4, 0.5) is 5.95 Å². The lowest BCUT2D eigenvalue weighted by Gasteiger charge is -2.27. The quantitative estimate of drug-likeness (QED) is 0.885. The van der Waals surface area contributed by atoms with Gasteiger partial charge < -0.3 is 25.1 Å². The van der Waals surface area contributed by atoms with Crippen molar-refractivity contribution >= 4 is 17.0 Å². The summed E-state index contributed by atoms with van der Waals surface area (Å²) in [6.45, 7) is 2.75. The first-order valence-corrected chi connectivity index (χ1v) is 8.45. The first-order valence-electron chi connectivity index (χ1n) is 8.45. The second-order valence-electron chi connectivity index (χ2n) is 6.61. The molecule has 0 spiro atoms. The van der Waals surface area contributed by atoms with E-state index in [0.717, 1.165) is 35.6 Å². The molecule has 1 aromatic heterocycles. The van der Waals surface area contributed by atoms with E-state index in [-0.39, 0.29) is 0 Å². The van der Waals surface area contributed by atoms with E-state index in [4.69, 9.17) is 15.2 Å². The second kappa shape index (κ2) is 5.92. The molecule has 1 aliphatic heterocycles. The zero-order chi connectivity index (χ0) is 15.8. The minimum absolute atomic E-state index is 0.456. The van der Waals surface area contributed by atoms with E-state index in [1.54, 1.807) is 7.11 Å². The van der Waals surface area contributed by atoms with Crippen molar-refractivity contribution < 1.29 is 9.47 Å². The van der Waals surface area contributed by atoms with Crippen molar-refractivity contribution in [2.24, 2.45) is 5.92 Å². The van der Waals surface area contributed by atoms with Gasteiger partial charge in [-0.25, -0.2) is 4.98 Å². The van der Waals surface area contributed by atoms with Crippen molar-refractivity contribution in [2.45, 2.75) is 31.7 Å². The maximum absolute atomic E-state index is 6.19. The predicted octanol–water partition coefficient (Wildman–Crippen LogP) is 2.34. The van der Waals surface area contributed by atoms with Crippen LogP contribution in [0.15, 0.2) is 12.1 Å². The summed E-state index contributed by atoms with van der Waals surface area (Å²) in [5.74, 6) is 2.68. The van der Waals surface area contributed by atoms with Crippen molar-refractivity contribution in [3.8, 4) is 11.5 Å². The van der Waals surface area contributed by atoms with E-state index >= 15 is 0 Å². The molecule has 4 rings (SSSR count). The molecule has 2 heterocycles. The monoisotopic (exact) mass is 316 g/mol. The van der Waals surface area contributed by atoms with Gasteiger partial charge in [0.05, 0.1) is 24.8 Å². The Labute approximate surface area is 136 Å². The lowest BCUT2D eigenvalue weighted by molar-refractivity contribution is 0.193. The number of methoxy groups -OCH3 is 1. The number of anilines is 1. The summed E-state index contributed by atoms with van der Waals surface area (Å²) in [4.78, 5) is 4.55. The third-order valence-corrected chi connectivity index (χ3v) is 5.03. The molecule has 0 unspecified atom stereocenters. The smallest absolute Gasteiger partial charge is 0.201 e. The van der Waals surface area contributed by atoms with Gasteiger partial charge in [0.25, 0.3) is 0 Å². The Hall–Kier alpha value is -1.95.